The number of aliphatic hydroxyl groups is 1. The van der Waals surface area contributed by atoms with Crippen LogP contribution in [0.15, 0.2) is 72.5 Å². The van der Waals surface area contributed by atoms with E-state index in [1.807, 2.05) is 38.1 Å². The molecule has 3 aromatic carbocycles. The van der Waals surface area contributed by atoms with Crippen LogP contribution in [0, 0.1) is 13.8 Å². The third-order valence-corrected chi connectivity index (χ3v) is 6.52. The van der Waals surface area contributed by atoms with Gasteiger partial charge in [-0.2, -0.15) is 0 Å². The standard InChI is InChI=1S/C29H29NO6/c1-18-9-10-19(2)23(13-18)27(32)29(21-11-12-25(35-4)26(15-21)36-5)16-24(31)28(33)30(29)17-20-7-6-8-22(14-20)34-3/h6-16,31H,17H2,1-5H3. The average molecular weight is 488 g/mol. The molecule has 0 saturated heterocycles. The molecule has 1 atom stereocenters. The Labute approximate surface area is 210 Å². The number of hydrogen-bond donors (Lipinski definition) is 1. The first-order valence-electron chi connectivity index (χ1n) is 11.5. The lowest BCUT2D eigenvalue weighted by Gasteiger charge is -2.37. The normalized spacial score (nSPS) is 17.1. The quantitative estimate of drug-likeness (QED) is 0.456. The zero-order valence-corrected chi connectivity index (χ0v) is 21.0. The topological polar surface area (TPSA) is 85.3 Å². The van der Waals surface area contributed by atoms with E-state index in [1.165, 1.54) is 25.2 Å². The molecular formula is C29H29NO6. The van der Waals surface area contributed by atoms with Crippen molar-refractivity contribution in [1.29, 1.82) is 0 Å². The summed E-state index contributed by atoms with van der Waals surface area (Å²) in [6.45, 7) is 3.81. The fourth-order valence-corrected chi connectivity index (χ4v) is 4.60. The number of hydrogen-bond acceptors (Lipinski definition) is 6. The third kappa shape index (κ3) is 4.17. The molecule has 1 aliphatic heterocycles. The first-order valence-corrected chi connectivity index (χ1v) is 11.5. The van der Waals surface area contributed by atoms with E-state index in [0.717, 1.165) is 16.7 Å². The summed E-state index contributed by atoms with van der Waals surface area (Å²) < 4.78 is 16.2. The monoisotopic (exact) mass is 487 g/mol. The summed E-state index contributed by atoms with van der Waals surface area (Å²) in [5, 5.41) is 10.7. The molecule has 1 amide bonds. The van der Waals surface area contributed by atoms with E-state index < -0.39 is 17.2 Å². The molecule has 186 valence electrons. The highest BCUT2D eigenvalue weighted by Crippen LogP contribution is 2.44. The number of rotatable bonds is 8. The zero-order valence-electron chi connectivity index (χ0n) is 21.0. The highest BCUT2D eigenvalue weighted by molar-refractivity contribution is 6.12. The van der Waals surface area contributed by atoms with Gasteiger partial charge in [0.15, 0.2) is 28.6 Å². The van der Waals surface area contributed by atoms with Gasteiger partial charge in [-0.1, -0.05) is 35.9 Å². The molecule has 0 bridgehead atoms. The Balaban J connectivity index is 1.97. The molecule has 1 heterocycles. The SMILES string of the molecule is COc1cccc(CN2C(=O)C(O)=CC2(C(=O)c2cc(C)ccc2C)c2ccc(OC)c(OC)c2)c1. The lowest BCUT2D eigenvalue weighted by molar-refractivity contribution is -0.131. The van der Waals surface area contributed by atoms with Gasteiger partial charge in [-0.15, -0.1) is 0 Å². The molecule has 1 N–H and O–H groups in total. The predicted octanol–water partition coefficient (Wildman–Crippen LogP) is 4.89. The van der Waals surface area contributed by atoms with Gasteiger partial charge in [0.1, 0.15) is 5.75 Å². The second-order valence-corrected chi connectivity index (χ2v) is 8.76. The summed E-state index contributed by atoms with van der Waals surface area (Å²) in [6, 6.07) is 17.9. The first-order chi connectivity index (χ1) is 17.2. The Bertz CT molecular complexity index is 1360. The fraction of sp³-hybridized carbons (Fsp3) is 0.241. The number of ketones is 1. The zero-order chi connectivity index (χ0) is 26.0. The van der Waals surface area contributed by atoms with Gasteiger partial charge in [-0.3, -0.25) is 9.59 Å². The highest BCUT2D eigenvalue weighted by Gasteiger charge is 2.53. The Morgan fingerprint density at radius 2 is 1.67 bits per heavy atom. The average Bonchev–Trinajstić information content (AvgIpc) is 3.15. The van der Waals surface area contributed by atoms with Crippen LogP contribution in [0.3, 0.4) is 0 Å². The summed E-state index contributed by atoms with van der Waals surface area (Å²) in [5.41, 5.74) is 1.71. The van der Waals surface area contributed by atoms with Crippen LogP contribution in [0.1, 0.15) is 32.6 Å². The number of methoxy groups -OCH3 is 3. The van der Waals surface area contributed by atoms with Crippen molar-refractivity contribution >= 4 is 11.7 Å². The molecule has 0 aromatic heterocycles. The van der Waals surface area contributed by atoms with Crippen molar-refractivity contribution in [2.24, 2.45) is 0 Å². The summed E-state index contributed by atoms with van der Waals surface area (Å²) in [6.07, 6.45) is 1.33. The summed E-state index contributed by atoms with van der Waals surface area (Å²) in [4.78, 5) is 29.2. The summed E-state index contributed by atoms with van der Waals surface area (Å²) in [7, 11) is 4.59. The Morgan fingerprint density at radius 1 is 0.917 bits per heavy atom. The smallest absolute Gasteiger partial charge is 0.290 e. The van der Waals surface area contributed by atoms with Crippen molar-refractivity contribution < 1.29 is 28.9 Å². The number of carbonyl (C=O) groups excluding carboxylic acids is 2. The van der Waals surface area contributed by atoms with Crippen LogP contribution in [-0.2, 0) is 16.9 Å². The van der Waals surface area contributed by atoms with Crippen LogP contribution in [0.25, 0.3) is 0 Å². The van der Waals surface area contributed by atoms with Crippen LogP contribution in [0.4, 0.5) is 0 Å². The van der Waals surface area contributed by atoms with E-state index >= 15 is 0 Å². The van der Waals surface area contributed by atoms with E-state index in [-0.39, 0.29) is 12.3 Å². The summed E-state index contributed by atoms with van der Waals surface area (Å²) in [5.74, 6) is 0.0203. The molecule has 0 fully saturated rings. The van der Waals surface area contributed by atoms with Crippen LogP contribution in [0.5, 0.6) is 17.2 Å². The molecule has 1 unspecified atom stereocenters. The number of nitrogens with zero attached hydrogens (tertiary/aromatic N) is 1. The van der Waals surface area contributed by atoms with Crippen LogP contribution < -0.4 is 14.2 Å². The van der Waals surface area contributed by atoms with Crippen LogP contribution in [0.2, 0.25) is 0 Å². The molecule has 4 rings (SSSR count). The van der Waals surface area contributed by atoms with Gasteiger partial charge in [0.25, 0.3) is 5.91 Å². The molecular weight excluding hydrogens is 458 g/mol. The number of amides is 1. The molecule has 36 heavy (non-hydrogen) atoms. The minimum atomic E-state index is -1.62. The molecule has 0 saturated carbocycles. The maximum atomic E-state index is 14.5. The van der Waals surface area contributed by atoms with Crippen molar-refractivity contribution in [2.75, 3.05) is 21.3 Å². The molecule has 7 heteroatoms. The third-order valence-electron chi connectivity index (χ3n) is 6.52. The number of aliphatic hydroxyl groups excluding tert-OH is 1. The Hall–Kier alpha value is -4.26. The van der Waals surface area contributed by atoms with Crippen molar-refractivity contribution in [3.8, 4) is 17.2 Å². The molecule has 3 aromatic rings. The van der Waals surface area contributed by atoms with Crippen molar-refractivity contribution in [1.82, 2.24) is 4.90 Å². The van der Waals surface area contributed by atoms with E-state index in [1.54, 1.807) is 43.5 Å². The number of aryl methyl sites for hydroxylation is 2. The highest BCUT2D eigenvalue weighted by atomic mass is 16.5. The number of benzene rings is 3. The van der Waals surface area contributed by atoms with Crippen LogP contribution in [-0.4, -0.2) is 43.0 Å². The lowest BCUT2D eigenvalue weighted by Crippen LogP contribution is -2.49. The van der Waals surface area contributed by atoms with Crippen molar-refractivity contribution in [3.05, 3.63) is 100 Å². The van der Waals surface area contributed by atoms with E-state index in [4.69, 9.17) is 14.2 Å². The van der Waals surface area contributed by atoms with Gasteiger partial charge < -0.3 is 24.2 Å². The fourth-order valence-electron chi connectivity index (χ4n) is 4.60. The van der Waals surface area contributed by atoms with Gasteiger partial charge in [0.05, 0.1) is 21.3 Å². The lowest BCUT2D eigenvalue weighted by atomic mass is 9.80. The van der Waals surface area contributed by atoms with Gasteiger partial charge >= 0.3 is 0 Å². The number of Topliss-reactive ketones (excluding diaryl/α,β-unsaturated/α-hetero) is 1. The molecule has 0 aliphatic carbocycles. The molecule has 7 nitrogen and oxygen atoms in total. The van der Waals surface area contributed by atoms with Gasteiger partial charge in [-0.05, 0) is 60.9 Å². The van der Waals surface area contributed by atoms with Crippen molar-refractivity contribution in [2.45, 2.75) is 25.9 Å². The van der Waals surface area contributed by atoms with E-state index in [9.17, 15) is 14.7 Å². The van der Waals surface area contributed by atoms with E-state index in [0.29, 0.717) is 28.4 Å². The second kappa shape index (κ2) is 9.77. The maximum Gasteiger partial charge on any atom is 0.290 e. The molecule has 0 spiro atoms. The predicted molar refractivity (Wildman–Crippen MR) is 136 cm³/mol. The Kier molecular flexibility index (Phi) is 6.75. The van der Waals surface area contributed by atoms with Crippen LogP contribution >= 0.6 is 0 Å². The van der Waals surface area contributed by atoms with Crippen molar-refractivity contribution in [3.63, 3.8) is 0 Å². The minimum absolute atomic E-state index is 0.0571. The summed E-state index contributed by atoms with van der Waals surface area (Å²) >= 11 is 0. The van der Waals surface area contributed by atoms with Gasteiger partial charge in [0.2, 0.25) is 0 Å². The first kappa shape index (κ1) is 24.9. The largest absolute Gasteiger partial charge is 0.503 e. The minimum Gasteiger partial charge on any atom is -0.503 e. The molecule has 0 radical (unpaired) electrons. The van der Waals surface area contributed by atoms with E-state index in [2.05, 4.69) is 0 Å². The number of ether oxygens (including phenoxy) is 3. The van der Waals surface area contributed by atoms with Gasteiger partial charge in [-0.25, -0.2) is 0 Å². The van der Waals surface area contributed by atoms with Gasteiger partial charge in [0, 0.05) is 18.2 Å². The Morgan fingerprint density at radius 3 is 2.36 bits per heavy atom. The molecule has 1 aliphatic rings. The maximum absolute atomic E-state index is 14.5. The number of carbonyl (C=O) groups is 2. The second-order valence-electron chi connectivity index (χ2n) is 8.76.